The Morgan fingerprint density at radius 1 is 0.967 bits per heavy atom. The number of rotatable bonds is 9. The summed E-state index contributed by atoms with van der Waals surface area (Å²) in [6, 6.07) is 17.9. The molecule has 0 unspecified atom stereocenters. The highest BCUT2D eigenvalue weighted by molar-refractivity contribution is 5.87. The van der Waals surface area contributed by atoms with Crippen LogP contribution in [0.1, 0.15) is 33.1 Å². The van der Waals surface area contributed by atoms with E-state index >= 15 is 0 Å². The lowest BCUT2D eigenvalue weighted by atomic mass is 9.87. The fourth-order valence-corrected chi connectivity index (χ4v) is 3.48. The van der Waals surface area contributed by atoms with Crippen molar-refractivity contribution in [2.24, 2.45) is 5.41 Å². The van der Waals surface area contributed by atoms with Gasteiger partial charge < -0.3 is 14.2 Å². The molecule has 0 radical (unpaired) electrons. The van der Waals surface area contributed by atoms with E-state index in [2.05, 4.69) is 6.07 Å². The number of hydrogen-bond donors (Lipinski definition) is 0. The van der Waals surface area contributed by atoms with Gasteiger partial charge >= 0.3 is 5.97 Å². The summed E-state index contributed by atoms with van der Waals surface area (Å²) in [7, 11) is 3.09. The van der Waals surface area contributed by atoms with E-state index in [9.17, 15) is 4.79 Å². The maximum Gasteiger partial charge on any atom is 0.311 e. The van der Waals surface area contributed by atoms with Crippen LogP contribution in [0.3, 0.4) is 0 Å². The minimum atomic E-state index is -0.488. The molecule has 3 rings (SSSR count). The summed E-state index contributed by atoms with van der Waals surface area (Å²) in [5, 5.41) is 1.05. The normalized spacial score (nSPS) is 11.3. The van der Waals surface area contributed by atoms with Crippen LogP contribution in [0.4, 0.5) is 0 Å². The topological polar surface area (TPSA) is 57.7 Å². The fraction of sp³-hybridized carbons (Fsp3) is 0.360. The highest BCUT2D eigenvalue weighted by atomic mass is 16.5. The molecule has 0 saturated carbocycles. The van der Waals surface area contributed by atoms with E-state index in [1.165, 1.54) is 7.11 Å². The van der Waals surface area contributed by atoms with Crippen molar-refractivity contribution in [2.45, 2.75) is 33.1 Å². The Morgan fingerprint density at radius 2 is 1.70 bits per heavy atom. The van der Waals surface area contributed by atoms with Gasteiger partial charge in [-0.25, -0.2) is 4.98 Å². The second-order valence-corrected chi connectivity index (χ2v) is 7.92. The molecule has 0 fully saturated rings. The summed E-state index contributed by atoms with van der Waals surface area (Å²) in [5.74, 6) is 1.18. The summed E-state index contributed by atoms with van der Waals surface area (Å²) >= 11 is 0. The van der Waals surface area contributed by atoms with Crippen LogP contribution < -0.4 is 9.47 Å². The van der Waals surface area contributed by atoms with Gasteiger partial charge in [-0.1, -0.05) is 36.4 Å². The molecule has 0 atom stereocenters. The minimum absolute atomic E-state index is 0.182. The van der Waals surface area contributed by atoms with Crippen LogP contribution in [0.15, 0.2) is 54.6 Å². The first-order valence-electron chi connectivity index (χ1n) is 10.2. The predicted molar refractivity (Wildman–Crippen MR) is 119 cm³/mol. The first-order chi connectivity index (χ1) is 14.5. The van der Waals surface area contributed by atoms with Crippen molar-refractivity contribution in [1.29, 1.82) is 0 Å². The third-order valence-electron chi connectivity index (χ3n) is 5.26. The van der Waals surface area contributed by atoms with Crippen LogP contribution in [-0.4, -0.2) is 31.8 Å². The van der Waals surface area contributed by atoms with Gasteiger partial charge in [-0.3, -0.25) is 4.79 Å². The van der Waals surface area contributed by atoms with Crippen molar-refractivity contribution in [3.05, 3.63) is 54.6 Å². The molecule has 30 heavy (non-hydrogen) atoms. The maximum absolute atomic E-state index is 11.8. The van der Waals surface area contributed by atoms with Crippen LogP contribution in [0, 0.1) is 5.41 Å². The summed E-state index contributed by atoms with van der Waals surface area (Å²) in [4.78, 5) is 16.6. The standard InChI is InChI=1S/C25H29NO4/c1-25(2,24(27)29-4)15-9-10-16-30-23-20(19-12-6-8-14-22(19)28-3)17-18-11-5-7-13-21(18)26-23/h5-8,11-14,17H,9-10,15-16H2,1-4H3. The number of hydrogen-bond acceptors (Lipinski definition) is 5. The minimum Gasteiger partial charge on any atom is -0.496 e. The average Bonchev–Trinajstić information content (AvgIpc) is 2.77. The predicted octanol–water partition coefficient (Wildman–Crippen LogP) is 5.66. The molecular formula is C25H29NO4. The lowest BCUT2D eigenvalue weighted by molar-refractivity contribution is -0.151. The van der Waals surface area contributed by atoms with Gasteiger partial charge in [0, 0.05) is 16.5 Å². The monoisotopic (exact) mass is 407 g/mol. The number of carbonyl (C=O) groups is 1. The first-order valence-corrected chi connectivity index (χ1v) is 10.2. The molecule has 0 spiro atoms. The lowest BCUT2D eigenvalue weighted by Crippen LogP contribution is -2.25. The largest absolute Gasteiger partial charge is 0.496 e. The number of esters is 1. The number of unbranched alkanes of at least 4 members (excludes halogenated alkanes) is 1. The van der Waals surface area contributed by atoms with Crippen LogP contribution in [0.25, 0.3) is 22.0 Å². The zero-order valence-corrected chi connectivity index (χ0v) is 18.1. The number of carbonyl (C=O) groups excluding carboxylic acids is 1. The smallest absolute Gasteiger partial charge is 0.311 e. The molecule has 1 heterocycles. The molecule has 0 saturated heterocycles. The molecule has 0 N–H and O–H groups in total. The van der Waals surface area contributed by atoms with Crippen LogP contribution in [0.2, 0.25) is 0 Å². The van der Waals surface area contributed by atoms with Crippen molar-refractivity contribution >= 4 is 16.9 Å². The van der Waals surface area contributed by atoms with Crippen molar-refractivity contribution in [3.8, 4) is 22.8 Å². The number of nitrogens with zero attached hydrogens (tertiary/aromatic N) is 1. The molecule has 0 bridgehead atoms. The van der Waals surface area contributed by atoms with Crippen molar-refractivity contribution < 1.29 is 19.0 Å². The molecule has 5 nitrogen and oxygen atoms in total. The molecule has 0 aliphatic carbocycles. The number of fused-ring (bicyclic) bond motifs is 1. The Balaban J connectivity index is 1.78. The van der Waals surface area contributed by atoms with Gasteiger partial charge in [0.25, 0.3) is 0 Å². The van der Waals surface area contributed by atoms with E-state index in [-0.39, 0.29) is 5.97 Å². The Bertz CT molecular complexity index is 1010. The number of methoxy groups -OCH3 is 2. The third kappa shape index (κ3) is 4.90. The van der Waals surface area contributed by atoms with E-state index in [4.69, 9.17) is 19.2 Å². The Hall–Kier alpha value is -3.08. The number of pyridine rings is 1. The third-order valence-corrected chi connectivity index (χ3v) is 5.26. The second kappa shape index (κ2) is 9.61. The number of para-hydroxylation sites is 2. The van der Waals surface area contributed by atoms with Gasteiger partial charge in [-0.2, -0.15) is 0 Å². The molecule has 2 aromatic carbocycles. The summed E-state index contributed by atoms with van der Waals surface area (Å²) in [6.45, 7) is 4.33. The van der Waals surface area contributed by atoms with Crippen LogP contribution in [-0.2, 0) is 9.53 Å². The van der Waals surface area contributed by atoms with Crippen LogP contribution >= 0.6 is 0 Å². The molecule has 1 aromatic heterocycles. The van der Waals surface area contributed by atoms with Crippen molar-refractivity contribution in [3.63, 3.8) is 0 Å². The Morgan fingerprint density at radius 3 is 2.47 bits per heavy atom. The second-order valence-electron chi connectivity index (χ2n) is 7.92. The molecule has 0 aliphatic heterocycles. The van der Waals surface area contributed by atoms with Crippen LogP contribution in [0.5, 0.6) is 11.6 Å². The number of ether oxygens (including phenoxy) is 3. The van der Waals surface area contributed by atoms with Crippen molar-refractivity contribution in [2.75, 3.05) is 20.8 Å². The highest BCUT2D eigenvalue weighted by Gasteiger charge is 2.27. The summed E-state index contributed by atoms with van der Waals surface area (Å²) in [5.41, 5.74) is 2.25. The molecule has 0 amide bonds. The quantitative estimate of drug-likeness (QED) is 0.338. The van der Waals surface area contributed by atoms with E-state index < -0.39 is 5.41 Å². The van der Waals surface area contributed by atoms with E-state index in [1.54, 1.807) is 7.11 Å². The summed E-state index contributed by atoms with van der Waals surface area (Å²) < 4.78 is 16.5. The molecule has 158 valence electrons. The zero-order chi connectivity index (χ0) is 21.6. The lowest BCUT2D eigenvalue weighted by Gasteiger charge is -2.21. The van der Waals surface area contributed by atoms with E-state index in [0.717, 1.165) is 47.0 Å². The number of aromatic nitrogens is 1. The van der Waals surface area contributed by atoms with E-state index in [0.29, 0.717) is 12.5 Å². The fourth-order valence-electron chi connectivity index (χ4n) is 3.48. The summed E-state index contributed by atoms with van der Waals surface area (Å²) in [6.07, 6.45) is 2.42. The van der Waals surface area contributed by atoms with Gasteiger partial charge in [0.1, 0.15) is 5.75 Å². The molecule has 0 aliphatic rings. The van der Waals surface area contributed by atoms with Gasteiger partial charge in [0.2, 0.25) is 5.88 Å². The first kappa shape index (κ1) is 21.6. The Kier molecular flexibility index (Phi) is 6.93. The van der Waals surface area contributed by atoms with Crippen molar-refractivity contribution in [1.82, 2.24) is 4.98 Å². The average molecular weight is 408 g/mol. The van der Waals surface area contributed by atoms with E-state index in [1.807, 2.05) is 62.4 Å². The molecule has 3 aromatic rings. The molecular weight excluding hydrogens is 378 g/mol. The van der Waals surface area contributed by atoms with Gasteiger partial charge in [0.05, 0.1) is 31.8 Å². The molecule has 5 heteroatoms. The Labute approximate surface area is 178 Å². The SMILES string of the molecule is COC(=O)C(C)(C)CCCCOc1nc2ccccc2cc1-c1ccccc1OC. The van der Waals surface area contributed by atoms with Gasteiger partial charge in [-0.15, -0.1) is 0 Å². The number of benzene rings is 2. The maximum atomic E-state index is 11.8. The highest BCUT2D eigenvalue weighted by Crippen LogP contribution is 2.37. The van der Waals surface area contributed by atoms with Gasteiger partial charge in [-0.05, 0) is 51.3 Å². The van der Waals surface area contributed by atoms with Gasteiger partial charge in [0.15, 0.2) is 0 Å². The zero-order valence-electron chi connectivity index (χ0n) is 18.1.